The molecule has 1 aliphatic rings. The van der Waals surface area contributed by atoms with Crippen molar-refractivity contribution in [2.24, 2.45) is 0 Å². The van der Waals surface area contributed by atoms with E-state index in [9.17, 15) is 9.59 Å². The maximum Gasteiger partial charge on any atom is 0.291 e. The van der Waals surface area contributed by atoms with E-state index in [0.29, 0.717) is 46.2 Å². The fourth-order valence-corrected chi connectivity index (χ4v) is 5.10. The predicted molar refractivity (Wildman–Crippen MR) is 148 cm³/mol. The van der Waals surface area contributed by atoms with Crippen LogP contribution in [0.5, 0.6) is 11.5 Å². The Morgan fingerprint density at radius 1 is 1.00 bits per heavy atom. The molecule has 4 aromatic rings. The first-order chi connectivity index (χ1) is 18.4. The highest BCUT2D eigenvalue weighted by Gasteiger charge is 2.43. The first kappa shape index (κ1) is 25.9. The van der Waals surface area contributed by atoms with Gasteiger partial charge in [-0.15, -0.1) is 0 Å². The smallest absolute Gasteiger partial charge is 0.291 e. The molecule has 38 heavy (non-hydrogen) atoms. The lowest BCUT2D eigenvalue weighted by molar-refractivity contribution is 0.0714. The Kier molecular flexibility index (Phi) is 7.43. The van der Waals surface area contributed by atoms with Gasteiger partial charge in [0, 0.05) is 11.6 Å². The molecule has 6 nitrogen and oxygen atoms in total. The van der Waals surface area contributed by atoms with Gasteiger partial charge in [-0.1, -0.05) is 67.8 Å². The number of hydrogen-bond acceptors (Lipinski definition) is 5. The lowest BCUT2D eigenvalue weighted by Gasteiger charge is -2.26. The molecule has 1 aromatic heterocycles. The van der Waals surface area contributed by atoms with Crippen LogP contribution < -0.4 is 14.9 Å². The van der Waals surface area contributed by atoms with Crippen LogP contribution in [0.1, 0.15) is 65.0 Å². The number of hydrogen-bond donors (Lipinski definition) is 0. The molecule has 7 heteroatoms. The summed E-state index contributed by atoms with van der Waals surface area (Å²) < 4.78 is 17.7. The van der Waals surface area contributed by atoms with Gasteiger partial charge in [-0.3, -0.25) is 9.59 Å². The van der Waals surface area contributed by atoms with Crippen molar-refractivity contribution < 1.29 is 18.7 Å². The monoisotopic (exact) mass is 531 g/mol. The maximum absolute atomic E-state index is 13.9. The minimum absolute atomic E-state index is 0.0593. The lowest BCUT2D eigenvalue weighted by atomic mass is 9.97. The quantitative estimate of drug-likeness (QED) is 0.216. The van der Waals surface area contributed by atoms with E-state index in [1.54, 1.807) is 24.1 Å². The number of halogens is 1. The average Bonchev–Trinajstić information content (AvgIpc) is 3.20. The van der Waals surface area contributed by atoms with Crippen LogP contribution in [0.15, 0.2) is 69.9 Å². The van der Waals surface area contributed by atoms with E-state index in [-0.39, 0.29) is 17.1 Å². The first-order valence-corrected chi connectivity index (χ1v) is 13.2. The fourth-order valence-electron chi connectivity index (χ4n) is 4.94. The van der Waals surface area contributed by atoms with Crippen molar-refractivity contribution in [2.45, 2.75) is 45.7 Å². The van der Waals surface area contributed by atoms with Crippen molar-refractivity contribution in [3.63, 3.8) is 0 Å². The molecule has 0 spiro atoms. The second-order valence-corrected chi connectivity index (χ2v) is 9.97. The number of carbonyl (C=O) groups is 1. The van der Waals surface area contributed by atoms with E-state index >= 15 is 0 Å². The molecule has 1 amide bonds. The number of rotatable bonds is 9. The highest BCUT2D eigenvalue weighted by molar-refractivity contribution is 6.32. The van der Waals surface area contributed by atoms with Crippen molar-refractivity contribution in [3.05, 3.63) is 104 Å². The molecule has 2 heterocycles. The largest absolute Gasteiger partial charge is 0.493 e. The highest BCUT2D eigenvalue weighted by atomic mass is 35.5. The van der Waals surface area contributed by atoms with E-state index in [1.807, 2.05) is 55.5 Å². The molecular weight excluding hydrogens is 502 g/mol. The number of carbonyl (C=O) groups excluding carboxylic acids is 1. The van der Waals surface area contributed by atoms with E-state index in [0.717, 1.165) is 36.0 Å². The number of methoxy groups -OCH3 is 1. The second-order valence-electron chi connectivity index (χ2n) is 9.56. The summed E-state index contributed by atoms with van der Waals surface area (Å²) in [5.41, 5.74) is 2.82. The summed E-state index contributed by atoms with van der Waals surface area (Å²) in [7, 11) is 1.58. The molecule has 0 N–H and O–H groups in total. The lowest BCUT2D eigenvalue weighted by Crippen LogP contribution is -2.29. The molecule has 5 rings (SSSR count). The Labute approximate surface area is 226 Å². The topological polar surface area (TPSA) is 69.0 Å². The number of fused-ring (bicyclic) bond motifs is 2. The minimum Gasteiger partial charge on any atom is -0.493 e. The van der Waals surface area contributed by atoms with Gasteiger partial charge >= 0.3 is 0 Å². The number of aryl methyl sites for hydroxylation is 1. The predicted octanol–water partition coefficient (Wildman–Crippen LogP) is 7.08. The zero-order chi connectivity index (χ0) is 26.8. The number of nitrogens with zero attached hydrogens (tertiary/aromatic N) is 1. The molecule has 0 saturated heterocycles. The number of amides is 1. The van der Waals surface area contributed by atoms with Gasteiger partial charge in [0.2, 0.25) is 5.76 Å². The summed E-state index contributed by atoms with van der Waals surface area (Å²) in [5.74, 6) is 0.894. The molecule has 1 unspecified atom stereocenters. The molecular formula is C31H30ClNO5. The van der Waals surface area contributed by atoms with Gasteiger partial charge in [0.1, 0.15) is 5.58 Å². The summed E-state index contributed by atoms with van der Waals surface area (Å²) >= 11 is 6.36. The van der Waals surface area contributed by atoms with E-state index in [4.69, 9.17) is 25.5 Å². The van der Waals surface area contributed by atoms with Crippen LogP contribution in [0, 0.1) is 6.92 Å². The van der Waals surface area contributed by atoms with Crippen LogP contribution in [-0.2, 0) is 6.54 Å². The normalized spacial score (nSPS) is 14.7. The molecule has 0 aliphatic carbocycles. The summed E-state index contributed by atoms with van der Waals surface area (Å²) in [6, 6.07) is 17.9. The summed E-state index contributed by atoms with van der Waals surface area (Å²) in [6.45, 7) is 4.87. The van der Waals surface area contributed by atoms with Gasteiger partial charge in [-0.25, -0.2) is 0 Å². The Morgan fingerprint density at radius 3 is 2.53 bits per heavy atom. The Morgan fingerprint density at radius 2 is 1.79 bits per heavy atom. The maximum atomic E-state index is 13.9. The van der Waals surface area contributed by atoms with E-state index < -0.39 is 6.04 Å². The number of unbranched alkanes of at least 4 members (excludes halogenated alkanes) is 2. The fraction of sp³-hybridized carbons (Fsp3) is 0.290. The van der Waals surface area contributed by atoms with Gasteiger partial charge in [-0.2, -0.15) is 0 Å². The zero-order valence-corrected chi connectivity index (χ0v) is 22.5. The van der Waals surface area contributed by atoms with Crippen LogP contribution in [0.25, 0.3) is 11.0 Å². The van der Waals surface area contributed by atoms with Crippen molar-refractivity contribution in [3.8, 4) is 11.5 Å². The Hall–Kier alpha value is -3.77. The molecule has 1 atom stereocenters. The summed E-state index contributed by atoms with van der Waals surface area (Å²) in [6.07, 6.45) is 3.14. The number of ether oxygens (including phenoxy) is 2. The van der Waals surface area contributed by atoms with Gasteiger partial charge in [-0.05, 0) is 54.3 Å². The third kappa shape index (κ3) is 4.76. The van der Waals surface area contributed by atoms with Crippen LogP contribution in [0.2, 0.25) is 5.02 Å². The molecule has 0 bridgehead atoms. The summed E-state index contributed by atoms with van der Waals surface area (Å²) in [4.78, 5) is 29.3. The molecule has 196 valence electrons. The molecule has 0 fully saturated rings. The van der Waals surface area contributed by atoms with Crippen LogP contribution in [0.4, 0.5) is 0 Å². The Bertz CT molecular complexity index is 1550. The molecule has 3 aromatic carbocycles. The van der Waals surface area contributed by atoms with Gasteiger partial charge in [0.25, 0.3) is 5.91 Å². The Balaban J connectivity index is 1.64. The third-order valence-corrected chi connectivity index (χ3v) is 7.36. The molecule has 0 saturated carbocycles. The minimum atomic E-state index is -0.665. The van der Waals surface area contributed by atoms with Crippen LogP contribution in [0.3, 0.4) is 0 Å². The van der Waals surface area contributed by atoms with Crippen molar-refractivity contribution in [1.29, 1.82) is 0 Å². The van der Waals surface area contributed by atoms with Crippen molar-refractivity contribution in [1.82, 2.24) is 4.90 Å². The van der Waals surface area contributed by atoms with E-state index in [1.165, 1.54) is 0 Å². The van der Waals surface area contributed by atoms with Crippen LogP contribution >= 0.6 is 11.6 Å². The standard InChI is InChI=1S/C31H30ClNO5/c1-4-5-9-14-37-24-13-12-21(16-26(24)36-3)28-27-29(34)22-17-23(32)19(2)15-25(22)38-30(27)31(35)33(28)18-20-10-7-6-8-11-20/h6-8,10-13,15-17,28H,4-5,9,14,18H2,1-3H3. The molecule has 1 aliphatic heterocycles. The second kappa shape index (κ2) is 10.9. The number of benzene rings is 3. The third-order valence-electron chi connectivity index (χ3n) is 6.95. The van der Waals surface area contributed by atoms with Crippen molar-refractivity contribution >= 4 is 28.5 Å². The molecule has 0 radical (unpaired) electrons. The first-order valence-electron chi connectivity index (χ1n) is 12.9. The summed E-state index contributed by atoms with van der Waals surface area (Å²) in [5, 5.41) is 0.819. The zero-order valence-electron chi connectivity index (χ0n) is 21.8. The van der Waals surface area contributed by atoms with Crippen LogP contribution in [-0.4, -0.2) is 24.5 Å². The van der Waals surface area contributed by atoms with Gasteiger partial charge in [0.05, 0.1) is 30.7 Å². The van der Waals surface area contributed by atoms with Crippen molar-refractivity contribution in [2.75, 3.05) is 13.7 Å². The van der Waals surface area contributed by atoms with Gasteiger partial charge in [0.15, 0.2) is 16.9 Å². The average molecular weight is 532 g/mol. The SMILES string of the molecule is CCCCCOc1ccc(C2c3c(oc4cc(C)c(Cl)cc4c3=O)C(=O)N2Cc2ccccc2)cc1OC. The highest BCUT2D eigenvalue weighted by Crippen LogP contribution is 2.42. The van der Waals surface area contributed by atoms with Gasteiger partial charge < -0.3 is 18.8 Å². The van der Waals surface area contributed by atoms with E-state index in [2.05, 4.69) is 6.92 Å².